The van der Waals surface area contributed by atoms with Crippen LogP contribution in [0.25, 0.3) is 11.1 Å². The fraction of sp³-hybridized carbons (Fsp3) is 0.308. The minimum atomic E-state index is -0.488. The second kappa shape index (κ2) is 13.2. The van der Waals surface area contributed by atoms with Crippen molar-refractivity contribution < 1.29 is 19.1 Å². The molecule has 4 aromatic rings. The highest BCUT2D eigenvalue weighted by atomic mass is 16.5. The number of carbonyl (C=O) groups excluding carboxylic acids is 3. The summed E-state index contributed by atoms with van der Waals surface area (Å²) in [4.78, 5) is 42.4. The minimum absolute atomic E-state index is 0.0141. The molecule has 0 bridgehead atoms. The van der Waals surface area contributed by atoms with Crippen LogP contribution in [0.15, 0.2) is 97.1 Å². The van der Waals surface area contributed by atoms with Crippen molar-refractivity contribution in [3.63, 3.8) is 0 Å². The molecule has 5 rings (SSSR count). The SMILES string of the molecule is CCN(CC)C(=O)COc1ccc(C2(C)CC(C)(C)N(C(C)=O)c3ccc(NC(=O)c4ccc(-c5ccccc5)cc4)cc32)cc1. The Bertz CT molecular complexity index is 1710. The monoisotopic (exact) mass is 617 g/mol. The van der Waals surface area contributed by atoms with Crippen LogP contribution in [0.4, 0.5) is 11.4 Å². The predicted molar refractivity (Wildman–Crippen MR) is 184 cm³/mol. The van der Waals surface area contributed by atoms with Gasteiger partial charge in [0.15, 0.2) is 6.61 Å². The van der Waals surface area contributed by atoms with E-state index in [1.165, 1.54) is 0 Å². The number of ether oxygens (including phenoxy) is 1. The smallest absolute Gasteiger partial charge is 0.260 e. The first-order valence-corrected chi connectivity index (χ1v) is 15.9. The molecule has 1 aliphatic heterocycles. The van der Waals surface area contributed by atoms with Crippen molar-refractivity contribution in [2.45, 2.75) is 58.9 Å². The zero-order valence-corrected chi connectivity index (χ0v) is 27.6. The summed E-state index contributed by atoms with van der Waals surface area (Å²) in [5, 5.41) is 3.08. The molecule has 0 aliphatic carbocycles. The van der Waals surface area contributed by atoms with E-state index in [1.54, 1.807) is 11.8 Å². The van der Waals surface area contributed by atoms with Crippen molar-refractivity contribution in [1.82, 2.24) is 4.90 Å². The van der Waals surface area contributed by atoms with Gasteiger partial charge in [0.1, 0.15) is 5.75 Å². The number of likely N-dealkylation sites (N-methyl/N-ethyl adjacent to an activating group) is 1. The van der Waals surface area contributed by atoms with E-state index in [1.807, 2.05) is 116 Å². The fourth-order valence-corrected chi connectivity index (χ4v) is 6.85. The molecule has 0 saturated heterocycles. The van der Waals surface area contributed by atoms with Gasteiger partial charge in [0.25, 0.3) is 11.8 Å². The molecule has 0 fully saturated rings. The summed E-state index contributed by atoms with van der Waals surface area (Å²) in [6, 6.07) is 31.2. The summed E-state index contributed by atoms with van der Waals surface area (Å²) in [6.45, 7) is 13.1. The highest BCUT2D eigenvalue weighted by Gasteiger charge is 2.47. The van der Waals surface area contributed by atoms with Crippen molar-refractivity contribution in [1.29, 1.82) is 0 Å². The topological polar surface area (TPSA) is 79.0 Å². The van der Waals surface area contributed by atoms with Gasteiger partial charge in [-0.2, -0.15) is 0 Å². The number of anilines is 2. The zero-order chi connectivity index (χ0) is 33.1. The third kappa shape index (κ3) is 6.54. The molecule has 1 atom stereocenters. The molecule has 7 heteroatoms. The first-order chi connectivity index (χ1) is 22.0. The van der Waals surface area contributed by atoms with Crippen LogP contribution >= 0.6 is 0 Å². The quantitative estimate of drug-likeness (QED) is 0.209. The van der Waals surface area contributed by atoms with Gasteiger partial charge in [0.2, 0.25) is 5.91 Å². The molecular formula is C39H43N3O4. The zero-order valence-electron chi connectivity index (χ0n) is 27.6. The van der Waals surface area contributed by atoms with Crippen LogP contribution in [0.3, 0.4) is 0 Å². The van der Waals surface area contributed by atoms with Gasteiger partial charge in [0, 0.05) is 47.9 Å². The molecule has 1 N–H and O–H groups in total. The molecule has 3 amide bonds. The van der Waals surface area contributed by atoms with Crippen molar-refractivity contribution in [3.05, 3.63) is 114 Å². The van der Waals surface area contributed by atoms with Crippen LogP contribution in [0, 0.1) is 0 Å². The lowest BCUT2D eigenvalue weighted by Gasteiger charge is -2.51. The van der Waals surface area contributed by atoms with Gasteiger partial charge in [-0.15, -0.1) is 0 Å². The van der Waals surface area contributed by atoms with E-state index in [9.17, 15) is 14.4 Å². The number of hydrogen-bond donors (Lipinski definition) is 1. The van der Waals surface area contributed by atoms with Gasteiger partial charge in [-0.1, -0.05) is 61.5 Å². The van der Waals surface area contributed by atoms with E-state index in [2.05, 4.69) is 26.1 Å². The van der Waals surface area contributed by atoms with Crippen LogP contribution in [0.5, 0.6) is 5.75 Å². The number of nitrogens with zero attached hydrogens (tertiary/aromatic N) is 2. The van der Waals surface area contributed by atoms with E-state index in [4.69, 9.17) is 4.74 Å². The lowest BCUT2D eigenvalue weighted by Crippen LogP contribution is -2.55. The maximum absolute atomic E-state index is 13.3. The van der Waals surface area contributed by atoms with Gasteiger partial charge in [-0.25, -0.2) is 0 Å². The van der Waals surface area contributed by atoms with E-state index in [0.29, 0.717) is 36.5 Å². The van der Waals surface area contributed by atoms with Crippen molar-refractivity contribution in [3.8, 4) is 16.9 Å². The molecule has 0 saturated carbocycles. The second-order valence-electron chi connectivity index (χ2n) is 12.7. The average Bonchev–Trinajstić information content (AvgIpc) is 3.04. The summed E-state index contributed by atoms with van der Waals surface area (Å²) in [5.74, 6) is 0.328. The van der Waals surface area contributed by atoms with Gasteiger partial charge in [0.05, 0.1) is 0 Å². The molecule has 46 heavy (non-hydrogen) atoms. The lowest BCUT2D eigenvalue weighted by molar-refractivity contribution is -0.133. The summed E-state index contributed by atoms with van der Waals surface area (Å²) in [7, 11) is 0. The molecule has 1 aliphatic rings. The van der Waals surface area contributed by atoms with Crippen LogP contribution in [-0.4, -0.2) is 47.9 Å². The van der Waals surface area contributed by atoms with Gasteiger partial charge in [-0.3, -0.25) is 14.4 Å². The molecule has 0 aromatic heterocycles. The van der Waals surface area contributed by atoms with Crippen LogP contribution in [0.2, 0.25) is 0 Å². The first kappa shape index (κ1) is 32.5. The summed E-state index contributed by atoms with van der Waals surface area (Å²) < 4.78 is 5.83. The molecule has 7 nitrogen and oxygen atoms in total. The molecule has 0 radical (unpaired) electrons. The first-order valence-electron chi connectivity index (χ1n) is 15.9. The number of amides is 3. The molecular weight excluding hydrogens is 574 g/mol. The van der Waals surface area contributed by atoms with Gasteiger partial charge >= 0.3 is 0 Å². The van der Waals surface area contributed by atoms with Gasteiger partial charge < -0.3 is 19.9 Å². The molecule has 0 spiro atoms. The molecule has 238 valence electrons. The molecule has 1 unspecified atom stereocenters. The van der Waals surface area contributed by atoms with Crippen LogP contribution in [-0.2, 0) is 15.0 Å². The van der Waals surface area contributed by atoms with Crippen LogP contribution < -0.4 is 15.0 Å². The summed E-state index contributed by atoms with van der Waals surface area (Å²) in [5.41, 5.74) is 5.21. The summed E-state index contributed by atoms with van der Waals surface area (Å²) in [6.07, 6.45) is 0.658. The fourth-order valence-electron chi connectivity index (χ4n) is 6.85. The maximum Gasteiger partial charge on any atom is 0.260 e. The Morgan fingerprint density at radius 3 is 2.07 bits per heavy atom. The minimum Gasteiger partial charge on any atom is -0.484 e. The van der Waals surface area contributed by atoms with Crippen molar-refractivity contribution >= 4 is 29.1 Å². The maximum atomic E-state index is 13.3. The van der Waals surface area contributed by atoms with E-state index < -0.39 is 11.0 Å². The Morgan fingerprint density at radius 1 is 0.826 bits per heavy atom. The predicted octanol–water partition coefficient (Wildman–Crippen LogP) is 7.69. The van der Waals surface area contributed by atoms with Crippen LogP contribution in [0.1, 0.15) is 69.4 Å². The van der Waals surface area contributed by atoms with E-state index in [-0.39, 0.29) is 24.3 Å². The largest absolute Gasteiger partial charge is 0.484 e. The Balaban J connectivity index is 1.43. The average molecular weight is 618 g/mol. The Morgan fingerprint density at radius 2 is 1.46 bits per heavy atom. The third-order valence-corrected chi connectivity index (χ3v) is 9.02. The Hall–Kier alpha value is -4.91. The third-order valence-electron chi connectivity index (χ3n) is 9.02. The highest BCUT2D eigenvalue weighted by Crippen LogP contribution is 2.51. The molecule has 4 aromatic carbocycles. The number of rotatable bonds is 9. The lowest BCUT2D eigenvalue weighted by atomic mass is 9.65. The van der Waals surface area contributed by atoms with Crippen molar-refractivity contribution in [2.24, 2.45) is 0 Å². The highest BCUT2D eigenvalue weighted by molar-refractivity contribution is 6.05. The van der Waals surface area contributed by atoms with E-state index in [0.717, 1.165) is 27.9 Å². The number of carbonyl (C=O) groups is 3. The van der Waals surface area contributed by atoms with E-state index >= 15 is 0 Å². The Labute approximate surface area is 272 Å². The standard InChI is InChI=1S/C39H43N3O4/c1-7-41(8-2)36(44)25-46-33-21-18-31(19-22-33)39(6)26-38(4,5)42(27(3)43)35-23-20-32(24-34(35)39)40-37(45)30-16-14-29(15-17-30)28-12-10-9-11-13-28/h9-24H,7-8,25-26H2,1-6H3,(H,40,45). The number of hydrogen-bond acceptors (Lipinski definition) is 4. The summed E-state index contributed by atoms with van der Waals surface area (Å²) >= 11 is 0. The second-order valence-corrected chi connectivity index (χ2v) is 12.7. The normalized spacial score (nSPS) is 16.7. The Kier molecular flexibility index (Phi) is 9.33. The van der Waals surface area contributed by atoms with Crippen molar-refractivity contribution in [2.75, 3.05) is 29.9 Å². The number of benzene rings is 4. The molecule has 1 heterocycles. The number of nitrogens with one attached hydrogen (secondary N) is 1. The van der Waals surface area contributed by atoms with Gasteiger partial charge in [-0.05, 0) is 98.8 Å². The number of fused-ring (bicyclic) bond motifs is 1.